The molecule has 0 heterocycles. The highest BCUT2D eigenvalue weighted by molar-refractivity contribution is 5.18. The standard InChI is InChI=1S/C17H28N2/c1-5-13-19(17(2,3)4)14-9-12-16(18)15-10-7-6-8-11-15/h5-8,10-11,16H,1,9,12-14,18H2,2-4H3. The number of nitrogens with two attached hydrogens (primary N) is 1. The molecular weight excluding hydrogens is 232 g/mol. The summed E-state index contributed by atoms with van der Waals surface area (Å²) in [5.41, 5.74) is 7.64. The summed E-state index contributed by atoms with van der Waals surface area (Å²) in [5, 5.41) is 0. The molecule has 0 aliphatic carbocycles. The van der Waals surface area contributed by atoms with Gasteiger partial charge in [-0.05, 0) is 45.7 Å². The molecule has 1 atom stereocenters. The predicted octanol–water partition coefficient (Wildman–Crippen LogP) is 3.75. The molecule has 1 rings (SSSR count). The van der Waals surface area contributed by atoms with Crippen molar-refractivity contribution in [2.45, 2.75) is 45.2 Å². The Morgan fingerprint density at radius 1 is 1.26 bits per heavy atom. The average molecular weight is 260 g/mol. The third-order valence-electron chi connectivity index (χ3n) is 3.47. The minimum atomic E-state index is 0.145. The van der Waals surface area contributed by atoms with E-state index in [-0.39, 0.29) is 11.6 Å². The van der Waals surface area contributed by atoms with Gasteiger partial charge in [0.25, 0.3) is 0 Å². The molecule has 0 aliphatic rings. The van der Waals surface area contributed by atoms with Crippen molar-refractivity contribution < 1.29 is 0 Å². The van der Waals surface area contributed by atoms with Gasteiger partial charge in [-0.15, -0.1) is 6.58 Å². The maximum absolute atomic E-state index is 6.23. The van der Waals surface area contributed by atoms with E-state index in [1.165, 1.54) is 5.56 Å². The van der Waals surface area contributed by atoms with Crippen LogP contribution in [0.5, 0.6) is 0 Å². The first-order valence-corrected chi connectivity index (χ1v) is 7.11. The molecule has 2 N–H and O–H groups in total. The summed E-state index contributed by atoms with van der Waals surface area (Å²) in [6.07, 6.45) is 4.11. The van der Waals surface area contributed by atoms with Crippen LogP contribution in [-0.2, 0) is 0 Å². The highest BCUT2D eigenvalue weighted by atomic mass is 15.2. The van der Waals surface area contributed by atoms with E-state index in [1.54, 1.807) is 0 Å². The van der Waals surface area contributed by atoms with E-state index in [9.17, 15) is 0 Å². The van der Waals surface area contributed by atoms with Gasteiger partial charge in [0.2, 0.25) is 0 Å². The van der Waals surface area contributed by atoms with E-state index >= 15 is 0 Å². The summed E-state index contributed by atoms with van der Waals surface area (Å²) >= 11 is 0. The van der Waals surface area contributed by atoms with Crippen LogP contribution in [0.2, 0.25) is 0 Å². The Morgan fingerprint density at radius 3 is 2.42 bits per heavy atom. The molecule has 2 nitrogen and oxygen atoms in total. The molecule has 0 amide bonds. The molecular formula is C17H28N2. The van der Waals surface area contributed by atoms with Crippen molar-refractivity contribution in [3.05, 3.63) is 48.6 Å². The van der Waals surface area contributed by atoms with Gasteiger partial charge >= 0.3 is 0 Å². The largest absolute Gasteiger partial charge is 0.324 e. The second kappa shape index (κ2) is 7.46. The van der Waals surface area contributed by atoms with Gasteiger partial charge < -0.3 is 5.73 Å². The van der Waals surface area contributed by atoms with Gasteiger partial charge in [0.15, 0.2) is 0 Å². The van der Waals surface area contributed by atoms with Gasteiger partial charge in [-0.25, -0.2) is 0 Å². The van der Waals surface area contributed by atoms with Crippen LogP contribution in [-0.4, -0.2) is 23.5 Å². The number of hydrogen-bond donors (Lipinski definition) is 1. The lowest BCUT2D eigenvalue weighted by Gasteiger charge is -2.35. The molecule has 106 valence electrons. The summed E-state index contributed by atoms with van der Waals surface area (Å²) < 4.78 is 0. The van der Waals surface area contributed by atoms with E-state index in [0.717, 1.165) is 25.9 Å². The SMILES string of the molecule is C=CCN(CCCC(N)c1ccccc1)C(C)(C)C. The first-order chi connectivity index (χ1) is 8.95. The van der Waals surface area contributed by atoms with Crippen molar-refractivity contribution in [2.24, 2.45) is 5.73 Å². The monoisotopic (exact) mass is 260 g/mol. The highest BCUT2D eigenvalue weighted by Gasteiger charge is 2.19. The third-order valence-corrected chi connectivity index (χ3v) is 3.47. The van der Waals surface area contributed by atoms with E-state index in [4.69, 9.17) is 5.73 Å². The lowest BCUT2D eigenvalue weighted by Crippen LogP contribution is -2.42. The molecule has 1 unspecified atom stereocenters. The minimum Gasteiger partial charge on any atom is -0.324 e. The van der Waals surface area contributed by atoms with Crippen LogP contribution in [0.4, 0.5) is 0 Å². The van der Waals surface area contributed by atoms with E-state index in [2.05, 4.69) is 44.4 Å². The third kappa shape index (κ3) is 5.58. The van der Waals surface area contributed by atoms with Gasteiger partial charge in [0.1, 0.15) is 0 Å². The molecule has 2 heteroatoms. The van der Waals surface area contributed by atoms with Crippen molar-refractivity contribution >= 4 is 0 Å². The Kier molecular flexibility index (Phi) is 6.26. The smallest absolute Gasteiger partial charge is 0.0295 e. The average Bonchev–Trinajstić information content (AvgIpc) is 2.37. The van der Waals surface area contributed by atoms with Crippen molar-refractivity contribution in [1.82, 2.24) is 4.90 Å². The van der Waals surface area contributed by atoms with Crippen LogP contribution < -0.4 is 5.73 Å². The molecule has 0 aromatic heterocycles. The van der Waals surface area contributed by atoms with Gasteiger partial charge in [0, 0.05) is 18.1 Å². The van der Waals surface area contributed by atoms with Crippen LogP contribution in [0, 0.1) is 0 Å². The Morgan fingerprint density at radius 2 is 1.89 bits per heavy atom. The maximum Gasteiger partial charge on any atom is 0.0295 e. The van der Waals surface area contributed by atoms with Gasteiger partial charge in [-0.2, -0.15) is 0 Å². The topological polar surface area (TPSA) is 29.3 Å². The Bertz CT molecular complexity index is 365. The van der Waals surface area contributed by atoms with Crippen LogP contribution in [0.25, 0.3) is 0 Å². The van der Waals surface area contributed by atoms with E-state index in [0.29, 0.717) is 0 Å². The fraction of sp³-hybridized carbons (Fsp3) is 0.529. The Balaban J connectivity index is 2.42. The van der Waals surface area contributed by atoms with E-state index < -0.39 is 0 Å². The van der Waals surface area contributed by atoms with Crippen molar-refractivity contribution in [3.63, 3.8) is 0 Å². The number of hydrogen-bond acceptors (Lipinski definition) is 2. The molecule has 0 bridgehead atoms. The van der Waals surface area contributed by atoms with Crippen LogP contribution in [0.15, 0.2) is 43.0 Å². The summed E-state index contributed by atoms with van der Waals surface area (Å²) in [6.45, 7) is 12.6. The minimum absolute atomic E-state index is 0.145. The van der Waals surface area contributed by atoms with Gasteiger partial charge in [-0.3, -0.25) is 4.90 Å². The van der Waals surface area contributed by atoms with Crippen LogP contribution in [0.1, 0.15) is 45.2 Å². The molecule has 0 fully saturated rings. The molecule has 0 spiro atoms. The lowest BCUT2D eigenvalue weighted by molar-refractivity contribution is 0.150. The maximum atomic E-state index is 6.23. The quantitative estimate of drug-likeness (QED) is 0.756. The first-order valence-electron chi connectivity index (χ1n) is 7.11. The summed E-state index contributed by atoms with van der Waals surface area (Å²) in [7, 11) is 0. The van der Waals surface area contributed by atoms with Crippen molar-refractivity contribution in [2.75, 3.05) is 13.1 Å². The van der Waals surface area contributed by atoms with Gasteiger partial charge in [-0.1, -0.05) is 36.4 Å². The first kappa shape index (κ1) is 15.9. The zero-order valence-corrected chi connectivity index (χ0v) is 12.6. The number of rotatable bonds is 7. The second-order valence-corrected chi connectivity index (χ2v) is 6.06. The van der Waals surface area contributed by atoms with Crippen molar-refractivity contribution in [3.8, 4) is 0 Å². The molecule has 0 radical (unpaired) electrons. The Labute approximate surface area is 118 Å². The highest BCUT2D eigenvalue weighted by Crippen LogP contribution is 2.18. The molecule has 1 aromatic carbocycles. The predicted molar refractivity (Wildman–Crippen MR) is 84.1 cm³/mol. The molecule has 0 saturated heterocycles. The number of nitrogens with zero attached hydrogens (tertiary/aromatic N) is 1. The zero-order valence-electron chi connectivity index (χ0n) is 12.6. The fourth-order valence-corrected chi connectivity index (χ4v) is 2.23. The fourth-order valence-electron chi connectivity index (χ4n) is 2.23. The van der Waals surface area contributed by atoms with Crippen LogP contribution >= 0.6 is 0 Å². The van der Waals surface area contributed by atoms with Gasteiger partial charge in [0.05, 0.1) is 0 Å². The molecule has 1 aromatic rings. The van der Waals surface area contributed by atoms with Crippen molar-refractivity contribution in [1.29, 1.82) is 0 Å². The zero-order chi connectivity index (χ0) is 14.3. The molecule has 0 saturated carbocycles. The second-order valence-electron chi connectivity index (χ2n) is 6.06. The number of benzene rings is 1. The molecule has 19 heavy (non-hydrogen) atoms. The summed E-state index contributed by atoms with van der Waals surface area (Å²) in [5.74, 6) is 0. The van der Waals surface area contributed by atoms with E-state index in [1.807, 2.05) is 24.3 Å². The van der Waals surface area contributed by atoms with Crippen LogP contribution in [0.3, 0.4) is 0 Å². The summed E-state index contributed by atoms with van der Waals surface area (Å²) in [6, 6.07) is 10.5. The molecule has 0 aliphatic heterocycles. The normalized spacial score (nSPS) is 13.5. The lowest BCUT2D eigenvalue weighted by atomic mass is 10.0. The Hall–Kier alpha value is -1.12. The summed E-state index contributed by atoms with van der Waals surface area (Å²) in [4.78, 5) is 2.44.